The molecule has 0 saturated heterocycles. The number of rotatable bonds is 2. The molecule has 32 heavy (non-hydrogen) atoms. The normalized spacial score (nSPS) is 13.9. The molecule has 0 unspecified atom stereocenters. The predicted octanol–water partition coefficient (Wildman–Crippen LogP) is 6.99. The number of halogens is 2. The SMILES string of the molecule is C[C](C)=[Hf]([Cl])([Cl])([c]1cccc2c1Cc1ccccc1-2)[c]1cccc2c1Cc1ccccc1-2. The van der Waals surface area contributed by atoms with Crippen LogP contribution in [0.25, 0.3) is 22.3 Å². The Morgan fingerprint density at radius 1 is 0.562 bits per heavy atom. The molecule has 0 aliphatic heterocycles. The van der Waals surface area contributed by atoms with Crippen LogP contribution in [0.4, 0.5) is 0 Å². The number of benzene rings is 4. The Bertz CT molecular complexity index is 1400. The quantitative estimate of drug-likeness (QED) is 0.183. The standard InChI is InChI=1S/2C13H9.C3H6.2ClH.Hf/c2*1-3-7-12-10(5-1)9-11-6-2-4-8-13(11)12;1-3-2;;;/h2*1-5,7-8H,9H2;1-2H3;2*1H;/q;;;;;+2/p-2. The van der Waals surface area contributed by atoms with E-state index in [2.05, 4.69) is 98.8 Å². The molecule has 0 atom stereocenters. The van der Waals surface area contributed by atoms with Crippen LogP contribution in [-0.2, 0) is 28.5 Å². The van der Waals surface area contributed by atoms with Gasteiger partial charge >= 0.3 is 199 Å². The summed E-state index contributed by atoms with van der Waals surface area (Å²) in [5, 5.41) is 0. The van der Waals surface area contributed by atoms with E-state index in [-0.39, 0.29) is 0 Å². The van der Waals surface area contributed by atoms with E-state index in [1.54, 1.807) is 0 Å². The molecular weight excluding hydrogens is 598 g/mol. The molecule has 0 N–H and O–H groups in total. The fourth-order valence-corrected chi connectivity index (χ4v) is 24.7. The fraction of sp³-hybridized carbons (Fsp3) is 0.138. The molecule has 0 spiro atoms. The van der Waals surface area contributed by atoms with E-state index in [1.165, 1.54) is 54.4 Å². The van der Waals surface area contributed by atoms with Gasteiger partial charge in [0, 0.05) is 0 Å². The molecule has 0 bridgehead atoms. The van der Waals surface area contributed by atoms with Gasteiger partial charge in [0.05, 0.1) is 0 Å². The van der Waals surface area contributed by atoms with Crippen molar-refractivity contribution in [3.05, 3.63) is 107 Å². The van der Waals surface area contributed by atoms with Crippen LogP contribution < -0.4 is 6.64 Å². The van der Waals surface area contributed by atoms with Crippen LogP contribution in [0.3, 0.4) is 0 Å². The first kappa shape index (κ1) is 20.8. The zero-order valence-electron chi connectivity index (χ0n) is 18.3. The number of fused-ring (bicyclic) bond motifs is 6. The Morgan fingerprint density at radius 3 is 1.41 bits per heavy atom. The minimum absolute atomic E-state index is 0.899. The summed E-state index contributed by atoms with van der Waals surface area (Å²) in [6.45, 7) is 4.30. The fourth-order valence-electron chi connectivity index (χ4n) is 5.82. The van der Waals surface area contributed by atoms with E-state index >= 15 is 0 Å². The van der Waals surface area contributed by atoms with Crippen LogP contribution in [0.1, 0.15) is 36.1 Å². The molecule has 0 nitrogen and oxygen atoms in total. The maximum atomic E-state index is 7.98. The first-order chi connectivity index (χ1) is 15.4. The van der Waals surface area contributed by atoms with Crippen molar-refractivity contribution in [3.8, 4) is 22.3 Å². The molecule has 6 rings (SSSR count). The molecule has 0 fully saturated rings. The number of hydrogen-bond donors (Lipinski definition) is 0. The summed E-state index contributed by atoms with van der Waals surface area (Å²) in [5.74, 6) is 0. The van der Waals surface area contributed by atoms with Crippen molar-refractivity contribution in [2.24, 2.45) is 0 Å². The van der Waals surface area contributed by atoms with Gasteiger partial charge in [-0.15, -0.1) is 0 Å². The Hall–Kier alpha value is -1.80. The molecule has 2 aliphatic rings. The second-order valence-electron chi connectivity index (χ2n) is 9.34. The summed E-state index contributed by atoms with van der Waals surface area (Å²) in [4.78, 5) is 0. The summed E-state index contributed by atoms with van der Waals surface area (Å²) in [7, 11) is 16.0. The van der Waals surface area contributed by atoms with Crippen LogP contribution in [0.2, 0.25) is 0 Å². The van der Waals surface area contributed by atoms with Crippen LogP contribution >= 0.6 is 17.2 Å². The van der Waals surface area contributed by atoms with Crippen molar-refractivity contribution in [2.75, 3.05) is 0 Å². The Balaban J connectivity index is 1.67. The van der Waals surface area contributed by atoms with Crippen molar-refractivity contribution in [2.45, 2.75) is 26.7 Å². The molecule has 0 heterocycles. The zero-order chi connectivity index (χ0) is 22.1. The van der Waals surface area contributed by atoms with Crippen molar-refractivity contribution in [1.29, 1.82) is 0 Å². The van der Waals surface area contributed by atoms with E-state index in [9.17, 15) is 0 Å². The van der Waals surface area contributed by atoms with Crippen molar-refractivity contribution >= 4 is 27.0 Å². The molecule has 4 aromatic carbocycles. The van der Waals surface area contributed by atoms with Gasteiger partial charge in [0.2, 0.25) is 0 Å². The molecule has 2 aliphatic carbocycles. The monoisotopic (exact) mass is 622 g/mol. The van der Waals surface area contributed by atoms with Crippen molar-refractivity contribution in [1.82, 2.24) is 0 Å². The van der Waals surface area contributed by atoms with Gasteiger partial charge in [0.25, 0.3) is 0 Å². The zero-order valence-corrected chi connectivity index (χ0v) is 23.4. The summed E-state index contributed by atoms with van der Waals surface area (Å²) in [5.41, 5.74) is 10.6. The Labute approximate surface area is 197 Å². The molecule has 0 amide bonds. The summed E-state index contributed by atoms with van der Waals surface area (Å²) in [6.07, 6.45) is 1.80. The van der Waals surface area contributed by atoms with Gasteiger partial charge in [-0.3, -0.25) is 0 Å². The first-order valence-corrected chi connectivity index (χ1v) is 25.5. The molecule has 0 aromatic heterocycles. The average molecular weight is 622 g/mol. The molecule has 4 aromatic rings. The van der Waals surface area contributed by atoms with Crippen LogP contribution in [-0.4, -0.2) is 3.26 Å². The summed E-state index contributed by atoms with van der Waals surface area (Å²) in [6, 6.07) is 30.6. The van der Waals surface area contributed by atoms with Gasteiger partial charge in [-0.1, -0.05) is 0 Å². The third kappa shape index (κ3) is 2.68. The minimum atomic E-state index is -4.95. The van der Waals surface area contributed by atoms with Gasteiger partial charge in [-0.25, -0.2) is 0 Å². The van der Waals surface area contributed by atoms with E-state index < -0.39 is 15.7 Å². The Morgan fingerprint density at radius 2 is 0.969 bits per heavy atom. The molecule has 0 saturated carbocycles. The molecule has 0 radical (unpaired) electrons. The van der Waals surface area contributed by atoms with E-state index in [1.807, 2.05) is 0 Å². The van der Waals surface area contributed by atoms with Crippen molar-refractivity contribution < 1.29 is 15.7 Å². The second-order valence-corrected chi connectivity index (χ2v) is 38.0. The first-order valence-electron chi connectivity index (χ1n) is 11.2. The van der Waals surface area contributed by atoms with E-state index in [4.69, 9.17) is 17.2 Å². The van der Waals surface area contributed by atoms with Gasteiger partial charge < -0.3 is 0 Å². The van der Waals surface area contributed by atoms with Crippen LogP contribution in [0, 0.1) is 0 Å². The topological polar surface area (TPSA) is 0 Å². The Kier molecular flexibility index (Phi) is 4.61. The van der Waals surface area contributed by atoms with Crippen LogP contribution in [0.15, 0.2) is 84.9 Å². The van der Waals surface area contributed by atoms with Gasteiger partial charge in [0.15, 0.2) is 0 Å². The average Bonchev–Trinajstić information content (AvgIpc) is 3.37. The summed E-state index contributed by atoms with van der Waals surface area (Å²) >= 11 is -4.95. The molecular formula is C29H24Cl2Hf. The third-order valence-corrected chi connectivity index (χ3v) is 36.8. The van der Waals surface area contributed by atoms with Crippen molar-refractivity contribution in [3.63, 3.8) is 0 Å². The summed E-state index contributed by atoms with van der Waals surface area (Å²) < 4.78 is 3.57. The second kappa shape index (κ2) is 7.10. The van der Waals surface area contributed by atoms with Gasteiger partial charge in [-0.05, 0) is 0 Å². The predicted molar refractivity (Wildman–Crippen MR) is 137 cm³/mol. The van der Waals surface area contributed by atoms with Gasteiger partial charge in [-0.2, -0.15) is 0 Å². The number of hydrogen-bond acceptors (Lipinski definition) is 0. The molecule has 158 valence electrons. The third-order valence-electron chi connectivity index (χ3n) is 7.53. The van der Waals surface area contributed by atoms with Crippen LogP contribution in [0.5, 0.6) is 0 Å². The van der Waals surface area contributed by atoms with Gasteiger partial charge in [0.1, 0.15) is 0 Å². The maximum absolute atomic E-state index is 7.98. The van der Waals surface area contributed by atoms with E-state index in [0.717, 1.165) is 12.8 Å². The van der Waals surface area contributed by atoms with E-state index in [0.29, 0.717) is 0 Å². The molecule has 3 heteroatoms.